The van der Waals surface area contributed by atoms with Crippen LogP contribution >= 0.6 is 0 Å². The SMILES string of the molecule is CCCCC(CC)Cc1cc(C2C=CC(c3ccc(OCC4CO4)cc3)CC2)ccc1OCC1CO1. The first-order chi connectivity index (χ1) is 17.7. The summed E-state index contributed by atoms with van der Waals surface area (Å²) in [7, 11) is 0. The molecule has 2 aliphatic heterocycles. The van der Waals surface area contributed by atoms with Gasteiger partial charge in [0.1, 0.15) is 36.9 Å². The Kier molecular flexibility index (Phi) is 8.66. The highest BCUT2D eigenvalue weighted by Gasteiger charge is 2.25. The molecule has 5 unspecified atom stereocenters. The molecule has 2 heterocycles. The minimum Gasteiger partial charge on any atom is -0.491 e. The summed E-state index contributed by atoms with van der Waals surface area (Å²) in [6, 6.07) is 15.6. The summed E-state index contributed by atoms with van der Waals surface area (Å²) in [4.78, 5) is 0. The molecule has 2 aromatic rings. The molecule has 3 aliphatic rings. The average Bonchev–Trinajstić information content (AvgIpc) is 3.85. The molecule has 2 aromatic carbocycles. The van der Waals surface area contributed by atoms with E-state index in [2.05, 4.69) is 68.5 Å². The standard InChI is InChI=1S/C32H42O4/c1-3-5-6-23(4-2)17-28-18-27(13-16-32(28)36-22-31-21-35-31)26-9-7-24(8-10-26)25-11-14-29(15-12-25)33-19-30-20-34-30/h7,9,11-16,18,23-24,26,30-31H,3-6,8,10,17,19-22H2,1-2H3. The van der Waals surface area contributed by atoms with E-state index in [0.29, 0.717) is 31.2 Å². The Morgan fingerprint density at radius 3 is 2.08 bits per heavy atom. The number of rotatable bonds is 14. The maximum Gasteiger partial charge on any atom is 0.122 e. The highest BCUT2D eigenvalue weighted by atomic mass is 16.6. The van der Waals surface area contributed by atoms with E-state index in [1.165, 1.54) is 48.8 Å². The monoisotopic (exact) mass is 490 g/mol. The first kappa shape index (κ1) is 25.4. The van der Waals surface area contributed by atoms with Crippen molar-refractivity contribution in [2.45, 2.75) is 82.8 Å². The van der Waals surface area contributed by atoms with Gasteiger partial charge in [-0.2, -0.15) is 0 Å². The van der Waals surface area contributed by atoms with Gasteiger partial charge in [0.25, 0.3) is 0 Å². The Morgan fingerprint density at radius 1 is 0.833 bits per heavy atom. The number of hydrogen-bond acceptors (Lipinski definition) is 4. The van der Waals surface area contributed by atoms with Crippen LogP contribution in [0.2, 0.25) is 0 Å². The smallest absolute Gasteiger partial charge is 0.122 e. The van der Waals surface area contributed by atoms with Crippen LogP contribution in [0.15, 0.2) is 54.6 Å². The molecule has 0 saturated carbocycles. The molecule has 5 atom stereocenters. The van der Waals surface area contributed by atoms with E-state index in [-0.39, 0.29) is 6.10 Å². The molecule has 0 radical (unpaired) electrons. The third kappa shape index (κ3) is 7.14. The number of unbranched alkanes of at least 4 members (excludes halogenated alkanes) is 1. The molecule has 1 aliphatic carbocycles. The first-order valence-electron chi connectivity index (χ1n) is 14.1. The summed E-state index contributed by atoms with van der Waals surface area (Å²) >= 11 is 0. The lowest BCUT2D eigenvalue weighted by molar-refractivity contribution is 0.259. The second-order valence-corrected chi connectivity index (χ2v) is 10.8. The highest BCUT2D eigenvalue weighted by molar-refractivity contribution is 5.41. The highest BCUT2D eigenvalue weighted by Crippen LogP contribution is 2.38. The zero-order valence-electron chi connectivity index (χ0n) is 22.0. The van der Waals surface area contributed by atoms with Crippen molar-refractivity contribution in [3.63, 3.8) is 0 Å². The Labute approximate surface area is 217 Å². The van der Waals surface area contributed by atoms with E-state index >= 15 is 0 Å². The normalized spacial score (nSPS) is 25.4. The molecule has 194 valence electrons. The Morgan fingerprint density at radius 2 is 1.47 bits per heavy atom. The van der Waals surface area contributed by atoms with Gasteiger partial charge >= 0.3 is 0 Å². The molecule has 4 nitrogen and oxygen atoms in total. The van der Waals surface area contributed by atoms with Gasteiger partial charge in [0.2, 0.25) is 0 Å². The molecule has 0 amide bonds. The zero-order chi connectivity index (χ0) is 24.7. The van der Waals surface area contributed by atoms with Gasteiger partial charge in [0.05, 0.1) is 13.2 Å². The maximum atomic E-state index is 6.21. The summed E-state index contributed by atoms with van der Waals surface area (Å²) in [5.41, 5.74) is 4.16. The largest absolute Gasteiger partial charge is 0.491 e. The number of allylic oxidation sites excluding steroid dienone is 2. The molecule has 0 spiro atoms. The van der Waals surface area contributed by atoms with Gasteiger partial charge in [0.15, 0.2) is 0 Å². The molecule has 0 bridgehead atoms. The predicted molar refractivity (Wildman–Crippen MR) is 144 cm³/mol. The molecule has 5 rings (SSSR count). The lowest BCUT2D eigenvalue weighted by Crippen LogP contribution is -2.11. The van der Waals surface area contributed by atoms with Crippen molar-refractivity contribution in [3.05, 3.63) is 71.3 Å². The van der Waals surface area contributed by atoms with Crippen LogP contribution in [0.3, 0.4) is 0 Å². The number of epoxide rings is 2. The summed E-state index contributed by atoms with van der Waals surface area (Å²) in [5.74, 6) is 3.64. The van der Waals surface area contributed by atoms with Gasteiger partial charge in [-0.1, -0.05) is 75.9 Å². The van der Waals surface area contributed by atoms with Gasteiger partial charge in [-0.15, -0.1) is 0 Å². The second kappa shape index (κ2) is 12.3. The van der Waals surface area contributed by atoms with E-state index in [1.54, 1.807) is 0 Å². The Hall–Kier alpha value is -2.30. The van der Waals surface area contributed by atoms with E-state index in [1.807, 2.05) is 0 Å². The summed E-state index contributed by atoms with van der Waals surface area (Å²) < 4.78 is 22.6. The van der Waals surface area contributed by atoms with E-state index in [0.717, 1.165) is 43.5 Å². The van der Waals surface area contributed by atoms with Crippen molar-refractivity contribution in [2.75, 3.05) is 26.4 Å². The van der Waals surface area contributed by atoms with Crippen molar-refractivity contribution < 1.29 is 18.9 Å². The van der Waals surface area contributed by atoms with Crippen LogP contribution < -0.4 is 9.47 Å². The van der Waals surface area contributed by atoms with E-state index < -0.39 is 0 Å². The minimum absolute atomic E-state index is 0.283. The van der Waals surface area contributed by atoms with Gasteiger partial charge < -0.3 is 18.9 Å². The topological polar surface area (TPSA) is 43.5 Å². The van der Waals surface area contributed by atoms with Crippen LogP contribution in [-0.2, 0) is 15.9 Å². The summed E-state index contributed by atoms with van der Waals surface area (Å²) in [6.07, 6.45) is 13.9. The quantitative estimate of drug-likeness (QED) is 0.207. The van der Waals surface area contributed by atoms with E-state index in [4.69, 9.17) is 18.9 Å². The van der Waals surface area contributed by atoms with Crippen LogP contribution in [0.1, 0.15) is 80.9 Å². The minimum atomic E-state index is 0.283. The van der Waals surface area contributed by atoms with Gasteiger partial charge in [-0.3, -0.25) is 0 Å². The average molecular weight is 491 g/mol. The van der Waals surface area contributed by atoms with Crippen molar-refractivity contribution in [3.8, 4) is 11.5 Å². The molecule has 4 heteroatoms. The third-order valence-corrected chi connectivity index (χ3v) is 7.90. The number of ether oxygens (including phenoxy) is 4. The number of benzene rings is 2. The van der Waals surface area contributed by atoms with Gasteiger partial charge in [-0.05, 0) is 60.1 Å². The fourth-order valence-electron chi connectivity index (χ4n) is 5.27. The molecule has 2 saturated heterocycles. The molecular weight excluding hydrogens is 448 g/mol. The van der Waals surface area contributed by atoms with Crippen molar-refractivity contribution in [1.29, 1.82) is 0 Å². The number of hydrogen-bond donors (Lipinski definition) is 0. The second-order valence-electron chi connectivity index (χ2n) is 10.8. The van der Waals surface area contributed by atoms with E-state index in [9.17, 15) is 0 Å². The van der Waals surface area contributed by atoms with Crippen molar-refractivity contribution in [1.82, 2.24) is 0 Å². The van der Waals surface area contributed by atoms with Crippen LogP contribution in [-0.4, -0.2) is 38.6 Å². The third-order valence-electron chi connectivity index (χ3n) is 7.90. The van der Waals surface area contributed by atoms with Crippen molar-refractivity contribution >= 4 is 0 Å². The molecule has 36 heavy (non-hydrogen) atoms. The zero-order valence-corrected chi connectivity index (χ0v) is 22.0. The maximum absolute atomic E-state index is 6.21. The fraction of sp³-hybridized carbons (Fsp3) is 0.562. The van der Waals surface area contributed by atoms with Crippen LogP contribution in [0.4, 0.5) is 0 Å². The summed E-state index contributed by atoms with van der Waals surface area (Å²) in [5, 5.41) is 0. The molecule has 0 N–H and O–H groups in total. The lowest BCUT2D eigenvalue weighted by Gasteiger charge is -2.25. The van der Waals surface area contributed by atoms with Crippen LogP contribution in [0, 0.1) is 5.92 Å². The Balaban J connectivity index is 1.24. The predicted octanol–water partition coefficient (Wildman–Crippen LogP) is 7.22. The molecular formula is C32H42O4. The van der Waals surface area contributed by atoms with Crippen LogP contribution in [0.5, 0.6) is 11.5 Å². The molecule has 2 fully saturated rings. The Bertz CT molecular complexity index is 990. The lowest BCUT2D eigenvalue weighted by atomic mass is 9.80. The van der Waals surface area contributed by atoms with Crippen LogP contribution in [0.25, 0.3) is 0 Å². The van der Waals surface area contributed by atoms with Gasteiger partial charge in [0, 0.05) is 11.8 Å². The fourth-order valence-corrected chi connectivity index (χ4v) is 5.27. The molecule has 0 aromatic heterocycles. The summed E-state index contributed by atoms with van der Waals surface area (Å²) in [6.45, 7) is 7.60. The van der Waals surface area contributed by atoms with Gasteiger partial charge in [-0.25, -0.2) is 0 Å². The van der Waals surface area contributed by atoms with Crippen molar-refractivity contribution in [2.24, 2.45) is 5.92 Å². The first-order valence-corrected chi connectivity index (χ1v) is 14.1.